The van der Waals surface area contributed by atoms with Gasteiger partial charge in [-0.15, -0.1) is 0 Å². The molecule has 5 N–H and O–H groups in total. The quantitative estimate of drug-likeness (QED) is 0.195. The normalized spacial score (nSPS) is 15.8. The van der Waals surface area contributed by atoms with Crippen LogP contribution in [0, 0.1) is 0 Å². The van der Waals surface area contributed by atoms with E-state index in [2.05, 4.69) is 15.3 Å². The number of aliphatic imine (C=N–C) groups is 1. The van der Waals surface area contributed by atoms with Crippen molar-refractivity contribution in [2.45, 2.75) is 17.7 Å². The van der Waals surface area contributed by atoms with Crippen LogP contribution < -0.4 is 22.3 Å². The molecule has 4 aromatic rings. The second-order valence-corrected chi connectivity index (χ2v) is 9.80. The molecule has 0 saturated heterocycles. The first-order chi connectivity index (χ1) is 18.6. The van der Waals surface area contributed by atoms with Crippen molar-refractivity contribution in [3.8, 4) is 5.69 Å². The predicted octanol–water partition coefficient (Wildman–Crippen LogP) is 1.08. The largest absolute Gasteiger partial charge is 0.772 e. The molecule has 12 nitrogen and oxygen atoms in total. The number of amides is 1. The van der Waals surface area contributed by atoms with Crippen LogP contribution in [0.15, 0.2) is 81.3 Å². The number of hydrogen-bond donors (Lipinski definition) is 4. The van der Waals surface area contributed by atoms with E-state index < -0.39 is 45.5 Å². The van der Waals surface area contributed by atoms with Crippen LogP contribution >= 0.6 is 0 Å². The number of nitrogens with zero attached hydrogens (tertiary/aromatic N) is 2. The number of H-pyrrole nitrogens is 1. The van der Waals surface area contributed by atoms with Gasteiger partial charge in [0.25, 0.3) is 11.5 Å². The third kappa shape index (κ3) is 4.87. The molecule has 13 heteroatoms. The zero-order valence-electron chi connectivity index (χ0n) is 20.0. The molecule has 1 aliphatic heterocycles. The topological polar surface area (TPSA) is 200 Å². The highest BCUT2D eigenvalue weighted by Gasteiger charge is 2.34. The molecule has 3 atom stereocenters. The Hall–Kier alpha value is -4.88. The number of benzene rings is 3. The van der Waals surface area contributed by atoms with Crippen LogP contribution in [-0.2, 0) is 27.1 Å². The van der Waals surface area contributed by atoms with Crippen molar-refractivity contribution < 1.29 is 23.5 Å². The molecule has 0 saturated carbocycles. The number of aliphatic carboxylic acids is 1. The molecule has 3 aromatic carbocycles. The van der Waals surface area contributed by atoms with E-state index in [-0.39, 0.29) is 23.2 Å². The van der Waals surface area contributed by atoms with Crippen molar-refractivity contribution in [2.24, 2.45) is 4.99 Å². The van der Waals surface area contributed by atoms with Crippen LogP contribution in [0.4, 0.5) is 11.4 Å². The first-order valence-corrected chi connectivity index (χ1v) is 12.7. The summed E-state index contributed by atoms with van der Waals surface area (Å²) in [5, 5.41) is 11.0. The van der Waals surface area contributed by atoms with Gasteiger partial charge in [0.2, 0.25) is 0 Å². The van der Waals surface area contributed by atoms with Crippen LogP contribution in [0.3, 0.4) is 0 Å². The fraction of sp³-hybridized carbons (Fsp3) is 0.115. The average Bonchev–Trinajstić information content (AvgIpc) is 3.30. The molecule has 39 heavy (non-hydrogen) atoms. The Kier molecular flexibility index (Phi) is 6.68. The number of para-hydroxylation sites is 1. The van der Waals surface area contributed by atoms with Gasteiger partial charge >= 0.3 is 11.7 Å². The minimum Gasteiger partial charge on any atom is -0.772 e. The first-order valence-electron chi connectivity index (χ1n) is 11.6. The number of anilines is 1. The summed E-state index contributed by atoms with van der Waals surface area (Å²) >= 11 is -2.70. The van der Waals surface area contributed by atoms with Gasteiger partial charge in [-0.1, -0.05) is 30.3 Å². The van der Waals surface area contributed by atoms with Crippen molar-refractivity contribution in [3.63, 3.8) is 0 Å². The van der Waals surface area contributed by atoms with Crippen LogP contribution in [0.1, 0.15) is 16.4 Å². The van der Waals surface area contributed by atoms with E-state index in [0.29, 0.717) is 28.0 Å². The third-order valence-corrected chi connectivity index (χ3v) is 7.16. The van der Waals surface area contributed by atoms with E-state index >= 15 is 0 Å². The first kappa shape index (κ1) is 25.8. The Morgan fingerprint density at radius 3 is 2.54 bits per heavy atom. The number of fused-ring (bicyclic) bond motifs is 2. The Balaban J connectivity index is 1.38. The summed E-state index contributed by atoms with van der Waals surface area (Å²) in [5.74, 6) is -2.26. The van der Waals surface area contributed by atoms with Crippen molar-refractivity contribution in [1.29, 1.82) is 0 Å². The molecule has 1 aliphatic rings. The zero-order valence-corrected chi connectivity index (χ0v) is 20.8. The second kappa shape index (κ2) is 10.1. The minimum absolute atomic E-state index is 0.160. The fourth-order valence-electron chi connectivity index (χ4n) is 4.43. The zero-order chi connectivity index (χ0) is 27.8. The van der Waals surface area contributed by atoms with Gasteiger partial charge < -0.3 is 25.7 Å². The summed E-state index contributed by atoms with van der Waals surface area (Å²) in [4.78, 5) is 57.1. The number of nitrogens with two attached hydrogens (primary N) is 1. The number of hydrogen-bond acceptors (Lipinski definition) is 8. The van der Waals surface area contributed by atoms with E-state index in [9.17, 15) is 33.0 Å². The number of carboxylic acid groups (broad SMARTS) is 1. The minimum atomic E-state index is -2.70. The maximum atomic E-state index is 13.0. The SMILES string of the molecule is Nc1ccc2[nH]c(=O)n(-c3ccc(CC(NC(=O)C4=Nc5ccccc5C4S(=O)[O-])C(=O)O)cc3)c(=O)c2c1. The molecule has 0 bridgehead atoms. The van der Waals surface area contributed by atoms with Crippen LogP contribution in [0.25, 0.3) is 16.6 Å². The van der Waals surface area contributed by atoms with Crippen LogP contribution in [0.2, 0.25) is 0 Å². The third-order valence-electron chi connectivity index (χ3n) is 6.29. The summed E-state index contributed by atoms with van der Waals surface area (Å²) in [6.45, 7) is 0. The van der Waals surface area contributed by atoms with Gasteiger partial charge in [-0.2, -0.15) is 0 Å². The Morgan fingerprint density at radius 1 is 1.13 bits per heavy atom. The summed E-state index contributed by atoms with van der Waals surface area (Å²) in [6, 6.07) is 15.5. The molecule has 3 unspecified atom stereocenters. The Morgan fingerprint density at radius 2 is 1.85 bits per heavy atom. The highest BCUT2D eigenvalue weighted by Crippen LogP contribution is 2.36. The van der Waals surface area contributed by atoms with E-state index in [0.717, 1.165) is 4.57 Å². The van der Waals surface area contributed by atoms with Gasteiger partial charge in [0.15, 0.2) is 0 Å². The smallest absolute Gasteiger partial charge is 0.333 e. The van der Waals surface area contributed by atoms with Gasteiger partial charge in [0.1, 0.15) is 11.8 Å². The van der Waals surface area contributed by atoms with E-state index in [1.165, 1.54) is 42.5 Å². The number of carbonyl (C=O) groups is 2. The summed E-state index contributed by atoms with van der Waals surface area (Å²) in [6.07, 6.45) is -0.160. The highest BCUT2D eigenvalue weighted by atomic mass is 32.2. The molecular weight excluding hydrogens is 526 g/mol. The highest BCUT2D eigenvalue weighted by molar-refractivity contribution is 7.80. The summed E-state index contributed by atoms with van der Waals surface area (Å²) in [7, 11) is 0. The van der Waals surface area contributed by atoms with Gasteiger partial charge in [0, 0.05) is 12.1 Å². The predicted molar refractivity (Wildman–Crippen MR) is 143 cm³/mol. The van der Waals surface area contributed by atoms with Crippen molar-refractivity contribution in [2.75, 3.05) is 5.73 Å². The van der Waals surface area contributed by atoms with Crippen molar-refractivity contribution in [1.82, 2.24) is 14.9 Å². The maximum absolute atomic E-state index is 13.0. The van der Waals surface area contributed by atoms with Crippen LogP contribution in [0.5, 0.6) is 0 Å². The average molecular weight is 547 g/mol. The second-order valence-electron chi connectivity index (χ2n) is 8.81. The molecule has 0 aliphatic carbocycles. The van der Waals surface area contributed by atoms with Gasteiger partial charge in [-0.05, 0) is 58.6 Å². The number of carboxylic acids is 1. The molecular formula is C26H20N5O7S-. The molecule has 0 radical (unpaired) electrons. The summed E-state index contributed by atoms with van der Waals surface area (Å²) in [5.41, 5.74) is 6.28. The standard InChI is InChI=1S/C26H21N5O7S/c27-14-7-10-19-17(12-14)24(33)31(26(36)30-19)15-8-5-13(6-9-15)11-20(25(34)35)29-23(32)21-22(39(37)38)16-3-1-2-4-18(16)28-21/h1-10,12,20,22H,11,27H2,(H,29,32)(H,30,36)(H,34,35)(H,37,38)/p-1. The molecule has 198 valence electrons. The molecule has 2 heterocycles. The van der Waals surface area contributed by atoms with Crippen LogP contribution in [-0.4, -0.2) is 47.0 Å². The number of carbonyl (C=O) groups excluding carboxylic acids is 1. The number of aromatic nitrogens is 2. The number of nitrogen functional groups attached to an aromatic ring is 1. The van der Waals surface area contributed by atoms with E-state index in [4.69, 9.17) is 5.73 Å². The maximum Gasteiger partial charge on any atom is 0.333 e. The number of aromatic amines is 1. The number of rotatable bonds is 7. The molecule has 1 amide bonds. The molecule has 1 aromatic heterocycles. The van der Waals surface area contributed by atoms with Gasteiger partial charge in [-0.25, -0.2) is 19.1 Å². The van der Waals surface area contributed by atoms with Crippen molar-refractivity contribution in [3.05, 3.63) is 98.7 Å². The molecule has 0 fully saturated rings. The number of nitrogens with one attached hydrogen (secondary N) is 2. The van der Waals surface area contributed by atoms with Crippen molar-refractivity contribution >= 4 is 50.9 Å². The Bertz CT molecular complexity index is 1810. The lowest BCUT2D eigenvalue weighted by atomic mass is 10.0. The molecule has 0 spiro atoms. The fourth-order valence-corrected chi connectivity index (χ4v) is 5.18. The van der Waals surface area contributed by atoms with E-state index in [1.54, 1.807) is 24.3 Å². The monoisotopic (exact) mass is 546 g/mol. The Labute approximate surface area is 222 Å². The summed E-state index contributed by atoms with van der Waals surface area (Å²) < 4.78 is 24.6. The lowest BCUT2D eigenvalue weighted by Gasteiger charge is -2.19. The van der Waals surface area contributed by atoms with Gasteiger partial charge in [0.05, 0.1) is 27.5 Å². The molecule has 5 rings (SSSR count). The lowest BCUT2D eigenvalue weighted by Crippen LogP contribution is -2.46. The van der Waals surface area contributed by atoms with E-state index in [1.807, 2.05) is 0 Å². The lowest BCUT2D eigenvalue weighted by molar-refractivity contribution is -0.141. The van der Waals surface area contributed by atoms with Gasteiger partial charge in [-0.3, -0.25) is 13.8 Å².